The van der Waals surface area contributed by atoms with Gasteiger partial charge in [-0.15, -0.1) is 0 Å². The normalized spacial score (nSPS) is 21.2. The third kappa shape index (κ3) is 7.28. The number of phenols is 1. The Morgan fingerprint density at radius 3 is 2.48 bits per heavy atom. The second kappa shape index (κ2) is 12.3. The molecular formula is C25H36N2O6. The van der Waals surface area contributed by atoms with E-state index in [1.807, 2.05) is 42.5 Å². The van der Waals surface area contributed by atoms with Gasteiger partial charge >= 0.3 is 5.97 Å². The van der Waals surface area contributed by atoms with Crippen molar-refractivity contribution < 1.29 is 30.8 Å². The van der Waals surface area contributed by atoms with Crippen molar-refractivity contribution in [3.8, 4) is 5.75 Å². The molecule has 0 aliphatic carbocycles. The Morgan fingerprint density at radius 1 is 1.15 bits per heavy atom. The molecule has 3 atom stereocenters. The van der Waals surface area contributed by atoms with Gasteiger partial charge in [0.05, 0.1) is 0 Å². The van der Waals surface area contributed by atoms with Crippen LogP contribution in [-0.2, 0) is 15.0 Å². The molecule has 1 saturated heterocycles. The predicted octanol–water partition coefficient (Wildman–Crippen LogP) is 1.72. The topological polar surface area (TPSA) is 153 Å². The van der Waals surface area contributed by atoms with E-state index in [4.69, 9.17) is 5.11 Å². The molecule has 0 spiro atoms. The fourth-order valence-corrected chi connectivity index (χ4v) is 4.75. The number of hydrogen-bond acceptors (Lipinski definition) is 4. The number of benzene rings is 2. The third-order valence-electron chi connectivity index (χ3n) is 6.66. The Balaban J connectivity index is 0.00000272. The first-order chi connectivity index (χ1) is 14.8. The van der Waals surface area contributed by atoms with Crippen LogP contribution in [0.25, 0.3) is 0 Å². The van der Waals surface area contributed by atoms with Crippen molar-refractivity contribution in [2.75, 3.05) is 26.7 Å². The number of carboxylic acids is 1. The Kier molecular flexibility index (Phi) is 10.5. The van der Waals surface area contributed by atoms with Crippen molar-refractivity contribution in [3.05, 3.63) is 65.7 Å². The summed E-state index contributed by atoms with van der Waals surface area (Å²) in [6.45, 7) is 3.75. The molecule has 8 nitrogen and oxygen atoms in total. The molecule has 33 heavy (non-hydrogen) atoms. The summed E-state index contributed by atoms with van der Waals surface area (Å²) < 4.78 is 0. The lowest BCUT2D eigenvalue weighted by molar-refractivity contribution is -0.138. The maximum Gasteiger partial charge on any atom is 0.322 e. The molecule has 0 saturated carbocycles. The zero-order valence-electron chi connectivity index (χ0n) is 19.3. The largest absolute Gasteiger partial charge is 0.508 e. The van der Waals surface area contributed by atoms with E-state index >= 15 is 0 Å². The highest BCUT2D eigenvalue weighted by Gasteiger charge is 2.41. The number of phenolic OH excluding ortho intramolecular Hbond substituents is 1. The lowest BCUT2D eigenvalue weighted by atomic mass is 9.64. The molecule has 2 aromatic rings. The Hall–Kier alpha value is -2.94. The fraction of sp³-hybridized carbons (Fsp3) is 0.440. The molecule has 1 aliphatic rings. The number of rotatable bonds is 8. The number of aromatic hydroxyl groups is 1. The highest BCUT2D eigenvalue weighted by molar-refractivity contribution is 5.81. The summed E-state index contributed by atoms with van der Waals surface area (Å²) >= 11 is 0. The van der Waals surface area contributed by atoms with Crippen LogP contribution in [0.3, 0.4) is 0 Å². The standard InChI is InChI=1S/C25H32N2O4.2H2O/c1-25(20-9-6-10-22(28)15-20)11-12-27(2)17-21(25)13-19(18-7-4-3-5-8-18)14-23(29)26-16-24(30)31;;/h3-10,15,19,21,28H,11-14,16-17H2,1-2H3,(H,26,29)(H,30,31);2*1H2/t19-,21?,25?;;/m0../s1. The molecule has 0 aromatic heterocycles. The summed E-state index contributed by atoms with van der Waals surface area (Å²) in [6.07, 6.45) is 2.00. The van der Waals surface area contributed by atoms with E-state index in [0.717, 1.165) is 37.1 Å². The molecular weight excluding hydrogens is 424 g/mol. The number of aliphatic carboxylic acids is 1. The van der Waals surface area contributed by atoms with Gasteiger partial charge in [-0.2, -0.15) is 0 Å². The van der Waals surface area contributed by atoms with Crippen LogP contribution in [0.2, 0.25) is 0 Å². The monoisotopic (exact) mass is 460 g/mol. The quantitative estimate of drug-likeness (QED) is 0.547. The number of nitrogens with zero attached hydrogens (tertiary/aromatic N) is 1. The van der Waals surface area contributed by atoms with Crippen LogP contribution in [0.1, 0.15) is 43.2 Å². The van der Waals surface area contributed by atoms with Gasteiger partial charge in [0.1, 0.15) is 12.3 Å². The van der Waals surface area contributed by atoms with Crippen molar-refractivity contribution >= 4 is 11.9 Å². The van der Waals surface area contributed by atoms with Gasteiger partial charge in [-0.25, -0.2) is 0 Å². The first kappa shape index (κ1) is 28.1. The minimum Gasteiger partial charge on any atom is -0.508 e. The molecule has 0 bridgehead atoms. The predicted molar refractivity (Wildman–Crippen MR) is 127 cm³/mol. The smallest absolute Gasteiger partial charge is 0.322 e. The van der Waals surface area contributed by atoms with E-state index in [-0.39, 0.29) is 52.8 Å². The van der Waals surface area contributed by atoms with E-state index < -0.39 is 5.97 Å². The molecule has 1 aliphatic heterocycles. The van der Waals surface area contributed by atoms with Crippen LogP contribution in [0.4, 0.5) is 0 Å². The molecule has 0 radical (unpaired) electrons. The average Bonchev–Trinajstić information content (AvgIpc) is 2.75. The molecule has 8 heteroatoms. The molecule has 1 fully saturated rings. The second-order valence-corrected chi connectivity index (χ2v) is 8.89. The van der Waals surface area contributed by atoms with Gasteiger partial charge in [0, 0.05) is 13.0 Å². The van der Waals surface area contributed by atoms with E-state index in [1.165, 1.54) is 0 Å². The van der Waals surface area contributed by atoms with Crippen LogP contribution < -0.4 is 5.32 Å². The van der Waals surface area contributed by atoms with Gasteiger partial charge < -0.3 is 31.4 Å². The Morgan fingerprint density at radius 2 is 1.85 bits per heavy atom. The van der Waals surface area contributed by atoms with Crippen LogP contribution >= 0.6 is 0 Å². The SMILES string of the molecule is CN1CCC(C)(c2cccc(O)c2)C(C[C@@H](CC(=O)NCC(=O)O)c2ccccc2)C1.O.O. The average molecular weight is 461 g/mol. The van der Waals surface area contributed by atoms with Gasteiger partial charge in [-0.05, 0) is 66.9 Å². The summed E-state index contributed by atoms with van der Waals surface area (Å²) in [5.74, 6) is -0.785. The summed E-state index contributed by atoms with van der Waals surface area (Å²) in [5.41, 5.74) is 2.07. The first-order valence-corrected chi connectivity index (χ1v) is 10.8. The van der Waals surface area contributed by atoms with Crippen molar-refractivity contribution in [1.82, 2.24) is 10.2 Å². The fourth-order valence-electron chi connectivity index (χ4n) is 4.75. The highest BCUT2D eigenvalue weighted by atomic mass is 16.4. The maximum atomic E-state index is 12.5. The molecule has 1 amide bonds. The molecule has 2 aromatic carbocycles. The third-order valence-corrected chi connectivity index (χ3v) is 6.66. The van der Waals surface area contributed by atoms with Gasteiger partial charge in [0.15, 0.2) is 0 Å². The van der Waals surface area contributed by atoms with Crippen LogP contribution in [0.5, 0.6) is 5.75 Å². The number of carbonyl (C=O) groups is 2. The van der Waals surface area contributed by atoms with Gasteiger partial charge in [-0.1, -0.05) is 49.4 Å². The Bertz CT molecular complexity index is 907. The summed E-state index contributed by atoms with van der Waals surface area (Å²) in [6, 6.07) is 17.5. The van der Waals surface area contributed by atoms with Crippen molar-refractivity contribution in [2.45, 2.75) is 37.5 Å². The summed E-state index contributed by atoms with van der Waals surface area (Å²) in [7, 11) is 2.12. The number of likely N-dealkylation sites (tertiary alicyclic amines) is 1. The molecule has 3 rings (SSSR count). The van der Waals surface area contributed by atoms with E-state index in [0.29, 0.717) is 0 Å². The first-order valence-electron chi connectivity index (χ1n) is 10.8. The van der Waals surface area contributed by atoms with Crippen LogP contribution in [-0.4, -0.2) is 64.6 Å². The lowest BCUT2D eigenvalue weighted by Gasteiger charge is -2.46. The zero-order chi connectivity index (χ0) is 22.4. The number of hydrogen-bond donors (Lipinski definition) is 3. The number of carbonyl (C=O) groups excluding carboxylic acids is 1. The minimum atomic E-state index is -1.05. The number of nitrogens with one attached hydrogen (secondary N) is 1. The van der Waals surface area contributed by atoms with Gasteiger partial charge in [-0.3, -0.25) is 9.59 Å². The lowest BCUT2D eigenvalue weighted by Crippen LogP contribution is -2.47. The van der Waals surface area contributed by atoms with E-state index in [2.05, 4.69) is 30.3 Å². The highest BCUT2D eigenvalue weighted by Crippen LogP contribution is 2.44. The molecule has 2 unspecified atom stereocenters. The molecule has 7 N–H and O–H groups in total. The van der Waals surface area contributed by atoms with Crippen molar-refractivity contribution in [3.63, 3.8) is 0 Å². The number of carboxylic acid groups (broad SMARTS) is 1. The van der Waals surface area contributed by atoms with Gasteiger partial charge in [0.2, 0.25) is 5.91 Å². The maximum absolute atomic E-state index is 12.5. The Labute approximate surface area is 194 Å². The van der Waals surface area contributed by atoms with E-state index in [9.17, 15) is 14.7 Å². The minimum absolute atomic E-state index is 0. The zero-order valence-corrected chi connectivity index (χ0v) is 19.3. The summed E-state index contributed by atoms with van der Waals surface area (Å²) in [4.78, 5) is 25.7. The second-order valence-electron chi connectivity index (χ2n) is 8.89. The number of amides is 1. The van der Waals surface area contributed by atoms with Crippen LogP contribution in [0, 0.1) is 5.92 Å². The summed E-state index contributed by atoms with van der Waals surface area (Å²) in [5, 5.41) is 21.5. The van der Waals surface area contributed by atoms with Gasteiger partial charge in [0.25, 0.3) is 0 Å². The van der Waals surface area contributed by atoms with Crippen molar-refractivity contribution in [1.29, 1.82) is 0 Å². The van der Waals surface area contributed by atoms with Crippen LogP contribution in [0.15, 0.2) is 54.6 Å². The number of piperidine rings is 1. The molecule has 182 valence electrons. The van der Waals surface area contributed by atoms with E-state index in [1.54, 1.807) is 6.07 Å². The van der Waals surface area contributed by atoms with Crippen molar-refractivity contribution in [2.24, 2.45) is 5.92 Å². The molecule has 1 heterocycles.